The lowest BCUT2D eigenvalue weighted by Gasteiger charge is -2.15. The predicted octanol–water partition coefficient (Wildman–Crippen LogP) is 5.20. The zero-order valence-corrected chi connectivity index (χ0v) is 19.4. The van der Waals surface area contributed by atoms with Gasteiger partial charge in [0, 0.05) is 10.6 Å². The summed E-state index contributed by atoms with van der Waals surface area (Å²) in [5.41, 5.74) is 1.40. The van der Waals surface area contributed by atoms with Gasteiger partial charge >= 0.3 is 5.97 Å². The van der Waals surface area contributed by atoms with Crippen molar-refractivity contribution in [2.75, 3.05) is 13.2 Å². The quantitative estimate of drug-likeness (QED) is 0.473. The summed E-state index contributed by atoms with van der Waals surface area (Å²) in [4.78, 5) is 36.0. The Labute approximate surface area is 196 Å². The van der Waals surface area contributed by atoms with Crippen molar-refractivity contribution in [1.29, 1.82) is 0 Å². The molecule has 2 aromatic carbocycles. The molecular formula is C21H17BrClNO6S. The molecule has 0 radical (unpaired) electrons. The molecule has 10 heteroatoms. The number of nitrogens with zero attached hydrogens (tertiary/aromatic N) is 1. The molecule has 0 aliphatic carbocycles. The Morgan fingerprint density at radius 1 is 1.26 bits per heavy atom. The SMILES string of the molecule is CCOc1cc(/C=C2/SC(=O)N(CC(=O)O)C2=O)cc(Br)c1OCc1ccccc1Cl. The highest BCUT2D eigenvalue weighted by Crippen LogP contribution is 2.40. The second-order valence-corrected chi connectivity index (χ2v) is 8.56. The van der Waals surface area contributed by atoms with E-state index in [4.69, 9.17) is 26.2 Å². The molecule has 1 N–H and O–H groups in total. The molecule has 0 bridgehead atoms. The second kappa shape index (κ2) is 10.2. The molecule has 3 rings (SSSR count). The average Bonchev–Trinajstić information content (AvgIpc) is 2.96. The summed E-state index contributed by atoms with van der Waals surface area (Å²) in [5.74, 6) is -0.992. The van der Waals surface area contributed by atoms with Gasteiger partial charge in [-0.05, 0) is 64.5 Å². The van der Waals surface area contributed by atoms with Crippen molar-refractivity contribution >= 4 is 62.5 Å². The number of carbonyl (C=O) groups excluding carboxylic acids is 2. The van der Waals surface area contributed by atoms with Gasteiger partial charge in [0.2, 0.25) is 0 Å². The van der Waals surface area contributed by atoms with Gasteiger partial charge in [0.05, 0.1) is 16.0 Å². The van der Waals surface area contributed by atoms with Crippen LogP contribution in [0.1, 0.15) is 18.1 Å². The van der Waals surface area contributed by atoms with Gasteiger partial charge in [-0.15, -0.1) is 0 Å². The first-order valence-electron chi connectivity index (χ1n) is 9.09. The van der Waals surface area contributed by atoms with Crippen molar-refractivity contribution in [2.45, 2.75) is 13.5 Å². The van der Waals surface area contributed by atoms with E-state index >= 15 is 0 Å². The number of benzene rings is 2. The Balaban J connectivity index is 1.87. The number of rotatable bonds is 8. The van der Waals surface area contributed by atoms with Gasteiger partial charge in [0.25, 0.3) is 11.1 Å². The van der Waals surface area contributed by atoms with Crippen LogP contribution in [-0.2, 0) is 16.2 Å². The Morgan fingerprint density at radius 3 is 2.68 bits per heavy atom. The third kappa shape index (κ3) is 5.61. The van der Waals surface area contributed by atoms with Crippen LogP contribution in [0.5, 0.6) is 11.5 Å². The summed E-state index contributed by atoms with van der Waals surface area (Å²) >= 11 is 10.3. The first-order chi connectivity index (χ1) is 14.8. The maximum Gasteiger partial charge on any atom is 0.323 e. The normalized spacial score (nSPS) is 14.9. The zero-order valence-electron chi connectivity index (χ0n) is 16.3. The average molecular weight is 527 g/mol. The van der Waals surface area contributed by atoms with E-state index in [9.17, 15) is 14.4 Å². The molecule has 31 heavy (non-hydrogen) atoms. The van der Waals surface area contributed by atoms with E-state index in [0.717, 1.165) is 5.56 Å². The highest BCUT2D eigenvalue weighted by atomic mass is 79.9. The number of imide groups is 1. The van der Waals surface area contributed by atoms with Crippen molar-refractivity contribution in [2.24, 2.45) is 0 Å². The molecule has 2 aromatic rings. The minimum Gasteiger partial charge on any atom is -0.490 e. The lowest BCUT2D eigenvalue weighted by atomic mass is 10.1. The van der Waals surface area contributed by atoms with Crippen LogP contribution in [0, 0.1) is 0 Å². The van der Waals surface area contributed by atoms with E-state index in [1.807, 2.05) is 25.1 Å². The number of ether oxygens (including phenoxy) is 2. The Morgan fingerprint density at radius 2 is 2.00 bits per heavy atom. The van der Waals surface area contributed by atoms with E-state index in [0.29, 0.717) is 49.8 Å². The fraction of sp³-hybridized carbons (Fsp3) is 0.190. The number of aliphatic carboxylic acids is 1. The van der Waals surface area contributed by atoms with Crippen molar-refractivity contribution in [3.63, 3.8) is 0 Å². The molecule has 0 saturated carbocycles. The van der Waals surface area contributed by atoms with Gasteiger partial charge in [-0.1, -0.05) is 29.8 Å². The lowest BCUT2D eigenvalue weighted by Crippen LogP contribution is -2.33. The maximum absolute atomic E-state index is 12.4. The molecule has 0 unspecified atom stereocenters. The highest BCUT2D eigenvalue weighted by Gasteiger charge is 2.36. The predicted molar refractivity (Wildman–Crippen MR) is 121 cm³/mol. The van der Waals surface area contributed by atoms with Crippen LogP contribution >= 0.6 is 39.3 Å². The van der Waals surface area contributed by atoms with Crippen molar-refractivity contribution in [1.82, 2.24) is 4.90 Å². The van der Waals surface area contributed by atoms with Crippen LogP contribution in [0.25, 0.3) is 6.08 Å². The van der Waals surface area contributed by atoms with Gasteiger partial charge < -0.3 is 14.6 Å². The van der Waals surface area contributed by atoms with Crippen LogP contribution in [0.15, 0.2) is 45.8 Å². The largest absolute Gasteiger partial charge is 0.490 e. The summed E-state index contributed by atoms with van der Waals surface area (Å²) < 4.78 is 12.2. The van der Waals surface area contributed by atoms with E-state index in [2.05, 4.69) is 15.9 Å². The number of carbonyl (C=O) groups is 3. The number of thioether (sulfide) groups is 1. The zero-order chi connectivity index (χ0) is 22.5. The van der Waals surface area contributed by atoms with E-state index in [1.54, 1.807) is 18.2 Å². The minimum absolute atomic E-state index is 0.130. The molecule has 1 heterocycles. The topological polar surface area (TPSA) is 93.1 Å². The van der Waals surface area contributed by atoms with Crippen LogP contribution in [0.2, 0.25) is 5.02 Å². The van der Waals surface area contributed by atoms with E-state index < -0.39 is 23.7 Å². The first kappa shape index (κ1) is 23.2. The van der Waals surface area contributed by atoms with Crippen molar-refractivity contribution in [3.05, 3.63) is 61.9 Å². The molecule has 162 valence electrons. The third-order valence-electron chi connectivity index (χ3n) is 4.13. The summed E-state index contributed by atoms with van der Waals surface area (Å²) in [6, 6.07) is 10.7. The number of hydrogen-bond acceptors (Lipinski definition) is 6. The van der Waals surface area contributed by atoms with Gasteiger partial charge in [0.1, 0.15) is 13.2 Å². The molecule has 0 aromatic heterocycles. The number of hydrogen-bond donors (Lipinski definition) is 1. The number of carboxylic acid groups (broad SMARTS) is 1. The number of amides is 2. The Bertz CT molecular complexity index is 1070. The third-order valence-corrected chi connectivity index (χ3v) is 5.99. The highest BCUT2D eigenvalue weighted by molar-refractivity contribution is 9.10. The van der Waals surface area contributed by atoms with Gasteiger partial charge in [0.15, 0.2) is 11.5 Å². The maximum atomic E-state index is 12.4. The molecule has 1 aliphatic rings. The van der Waals surface area contributed by atoms with Gasteiger partial charge in [-0.25, -0.2) is 0 Å². The molecule has 0 spiro atoms. The smallest absolute Gasteiger partial charge is 0.323 e. The molecule has 7 nitrogen and oxygen atoms in total. The van der Waals surface area contributed by atoms with Crippen LogP contribution in [-0.4, -0.2) is 40.3 Å². The molecule has 0 atom stereocenters. The van der Waals surface area contributed by atoms with Crippen LogP contribution < -0.4 is 9.47 Å². The van der Waals surface area contributed by atoms with Crippen molar-refractivity contribution < 1.29 is 29.0 Å². The lowest BCUT2D eigenvalue weighted by molar-refractivity contribution is -0.140. The van der Waals surface area contributed by atoms with E-state index in [-0.39, 0.29) is 11.5 Å². The second-order valence-electron chi connectivity index (χ2n) is 6.30. The Kier molecular flexibility index (Phi) is 7.64. The first-order valence-corrected chi connectivity index (χ1v) is 11.1. The summed E-state index contributed by atoms with van der Waals surface area (Å²) in [6.45, 7) is 1.76. The number of halogens is 2. The Hall–Kier alpha value is -2.49. The van der Waals surface area contributed by atoms with Crippen LogP contribution in [0.4, 0.5) is 4.79 Å². The summed E-state index contributed by atoms with van der Waals surface area (Å²) in [6.07, 6.45) is 1.51. The van der Waals surface area contributed by atoms with Gasteiger partial charge in [-0.2, -0.15) is 0 Å². The molecule has 1 aliphatic heterocycles. The van der Waals surface area contributed by atoms with Crippen molar-refractivity contribution in [3.8, 4) is 11.5 Å². The molecule has 1 fully saturated rings. The molecule has 1 saturated heterocycles. The summed E-state index contributed by atoms with van der Waals surface area (Å²) in [7, 11) is 0. The van der Waals surface area contributed by atoms with Gasteiger partial charge in [-0.3, -0.25) is 19.3 Å². The summed E-state index contributed by atoms with van der Waals surface area (Å²) in [5, 5.41) is 8.84. The standard InChI is InChI=1S/C21H17BrClNO6S/c1-2-29-16-8-12(9-17-20(27)24(10-18(25)26)21(28)31-17)7-14(22)19(16)30-11-13-5-3-4-6-15(13)23/h3-9H,2,10-11H2,1H3,(H,25,26)/b17-9+. The van der Waals surface area contributed by atoms with Crippen LogP contribution in [0.3, 0.4) is 0 Å². The minimum atomic E-state index is -1.26. The molecular weight excluding hydrogens is 510 g/mol. The van der Waals surface area contributed by atoms with E-state index in [1.165, 1.54) is 6.08 Å². The molecule has 2 amide bonds. The number of carboxylic acids is 1. The monoisotopic (exact) mass is 525 g/mol. The fourth-order valence-electron chi connectivity index (χ4n) is 2.76. The fourth-order valence-corrected chi connectivity index (χ4v) is 4.37.